The number of carbonyl (C=O) groups is 3. The van der Waals surface area contributed by atoms with E-state index in [1.54, 1.807) is 0 Å². The first-order chi connectivity index (χ1) is 11.0. The van der Waals surface area contributed by atoms with Crippen LogP contribution >= 0.6 is 0 Å². The third-order valence-corrected chi connectivity index (χ3v) is 3.89. The summed E-state index contributed by atoms with van der Waals surface area (Å²) < 4.78 is 0. The molecule has 0 aliphatic carbocycles. The zero-order valence-corrected chi connectivity index (χ0v) is 13.2. The molecule has 0 aromatic heterocycles. The molecule has 5 nitrogen and oxygen atoms in total. The van der Waals surface area contributed by atoms with Gasteiger partial charge in [0.25, 0.3) is 0 Å². The summed E-state index contributed by atoms with van der Waals surface area (Å²) in [7, 11) is 0. The van der Waals surface area contributed by atoms with Crippen LogP contribution in [0.3, 0.4) is 0 Å². The van der Waals surface area contributed by atoms with E-state index in [0.29, 0.717) is 0 Å². The van der Waals surface area contributed by atoms with E-state index in [1.165, 1.54) is 0 Å². The van der Waals surface area contributed by atoms with Gasteiger partial charge in [0.05, 0.1) is 6.54 Å². The minimum absolute atomic E-state index is 0.110. The fourth-order valence-electron chi connectivity index (χ4n) is 2.82. The van der Waals surface area contributed by atoms with Crippen LogP contribution in [0.25, 0.3) is 10.8 Å². The second-order valence-corrected chi connectivity index (χ2v) is 6.12. The van der Waals surface area contributed by atoms with Crippen molar-refractivity contribution in [3.8, 4) is 0 Å². The molecule has 1 aliphatic rings. The minimum atomic E-state index is -0.747. The molecule has 0 radical (unpaired) electrons. The van der Waals surface area contributed by atoms with Gasteiger partial charge in [-0.05, 0) is 22.3 Å². The number of hydrogen-bond acceptors (Lipinski definition) is 3. The maximum Gasteiger partial charge on any atom is 0.334 e. The van der Waals surface area contributed by atoms with Gasteiger partial charge >= 0.3 is 17.8 Å². The molecule has 0 saturated carbocycles. The first kappa shape index (κ1) is 15.2. The third kappa shape index (κ3) is 2.70. The van der Waals surface area contributed by atoms with Crippen LogP contribution in [0.1, 0.15) is 19.4 Å². The standard InChI is InChI=1S/C18H18N2O3/c1-12(2)10-19-16(21)17(22)20(18(19)23)11-14-8-5-7-13-6-3-4-9-15(13)14/h3-9,12H,10-11H2,1-2H3. The molecule has 1 saturated heterocycles. The number of imide groups is 2. The molecule has 0 bridgehead atoms. The zero-order valence-electron chi connectivity index (χ0n) is 13.2. The van der Waals surface area contributed by atoms with Gasteiger partial charge in [-0.15, -0.1) is 0 Å². The van der Waals surface area contributed by atoms with E-state index in [1.807, 2.05) is 56.3 Å². The van der Waals surface area contributed by atoms with Gasteiger partial charge in [0.1, 0.15) is 0 Å². The highest BCUT2D eigenvalue weighted by Crippen LogP contribution is 2.23. The summed E-state index contributed by atoms with van der Waals surface area (Å²) in [6.45, 7) is 4.17. The molecule has 1 heterocycles. The Morgan fingerprint density at radius 3 is 2.26 bits per heavy atom. The summed E-state index contributed by atoms with van der Waals surface area (Å²) in [4.78, 5) is 38.7. The van der Waals surface area contributed by atoms with E-state index >= 15 is 0 Å². The Bertz CT molecular complexity index is 792. The Balaban J connectivity index is 1.91. The molecule has 0 N–H and O–H groups in total. The number of carbonyl (C=O) groups excluding carboxylic acids is 3. The first-order valence-electron chi connectivity index (χ1n) is 7.63. The van der Waals surface area contributed by atoms with Crippen LogP contribution in [0.4, 0.5) is 4.79 Å². The summed E-state index contributed by atoms with van der Waals surface area (Å²) >= 11 is 0. The fraction of sp³-hybridized carbons (Fsp3) is 0.278. The van der Waals surface area contributed by atoms with Gasteiger partial charge in [0.15, 0.2) is 0 Å². The van der Waals surface area contributed by atoms with Crippen molar-refractivity contribution >= 4 is 28.6 Å². The summed E-state index contributed by atoms with van der Waals surface area (Å²) in [6, 6.07) is 13.0. The van der Waals surface area contributed by atoms with Crippen molar-refractivity contribution in [3.63, 3.8) is 0 Å². The summed E-state index contributed by atoms with van der Waals surface area (Å²) in [6.07, 6.45) is 0. The molecule has 5 heteroatoms. The molecule has 2 aromatic rings. The molecule has 0 atom stereocenters. The third-order valence-electron chi connectivity index (χ3n) is 3.89. The number of fused-ring (bicyclic) bond motifs is 1. The molecular weight excluding hydrogens is 292 g/mol. The summed E-state index contributed by atoms with van der Waals surface area (Å²) in [5.41, 5.74) is 0.851. The molecule has 4 amide bonds. The number of rotatable bonds is 4. The highest BCUT2D eigenvalue weighted by molar-refractivity contribution is 6.44. The highest BCUT2D eigenvalue weighted by atomic mass is 16.2. The van der Waals surface area contributed by atoms with Gasteiger partial charge in [0.2, 0.25) is 0 Å². The Morgan fingerprint density at radius 1 is 0.870 bits per heavy atom. The topological polar surface area (TPSA) is 57.7 Å². The fourth-order valence-corrected chi connectivity index (χ4v) is 2.82. The van der Waals surface area contributed by atoms with Crippen LogP contribution in [0.5, 0.6) is 0 Å². The zero-order chi connectivity index (χ0) is 16.6. The van der Waals surface area contributed by atoms with Crippen molar-refractivity contribution in [2.24, 2.45) is 5.92 Å². The second kappa shape index (κ2) is 5.83. The van der Waals surface area contributed by atoms with E-state index in [0.717, 1.165) is 26.1 Å². The molecule has 3 rings (SSSR count). The number of benzene rings is 2. The predicted molar refractivity (Wildman–Crippen MR) is 86.4 cm³/mol. The Kier molecular flexibility index (Phi) is 3.86. The SMILES string of the molecule is CC(C)CN1C(=O)C(=O)N(Cc2cccc3ccccc23)C1=O. The van der Waals surface area contributed by atoms with E-state index < -0.39 is 17.8 Å². The summed E-state index contributed by atoms with van der Waals surface area (Å²) in [5.74, 6) is -1.36. The number of amides is 4. The highest BCUT2D eigenvalue weighted by Gasteiger charge is 2.44. The van der Waals surface area contributed by atoms with Crippen molar-refractivity contribution in [1.29, 1.82) is 0 Å². The number of nitrogens with zero attached hydrogens (tertiary/aromatic N) is 2. The van der Waals surface area contributed by atoms with Crippen LogP contribution in [0.2, 0.25) is 0 Å². The number of hydrogen-bond donors (Lipinski definition) is 0. The van der Waals surface area contributed by atoms with Crippen LogP contribution < -0.4 is 0 Å². The number of urea groups is 1. The van der Waals surface area contributed by atoms with Crippen LogP contribution in [0.15, 0.2) is 42.5 Å². The first-order valence-corrected chi connectivity index (χ1v) is 7.63. The van der Waals surface area contributed by atoms with Crippen molar-refractivity contribution < 1.29 is 14.4 Å². The van der Waals surface area contributed by atoms with Gasteiger partial charge in [-0.25, -0.2) is 4.79 Å². The maximum atomic E-state index is 12.4. The lowest BCUT2D eigenvalue weighted by Crippen LogP contribution is -2.35. The van der Waals surface area contributed by atoms with E-state index in [-0.39, 0.29) is 19.0 Å². The smallest absolute Gasteiger partial charge is 0.263 e. The van der Waals surface area contributed by atoms with E-state index in [2.05, 4.69) is 0 Å². The average molecular weight is 310 g/mol. The maximum absolute atomic E-state index is 12.4. The van der Waals surface area contributed by atoms with Crippen LogP contribution in [-0.4, -0.2) is 34.2 Å². The largest absolute Gasteiger partial charge is 0.334 e. The van der Waals surface area contributed by atoms with Gasteiger partial charge < -0.3 is 0 Å². The molecular formula is C18H18N2O3. The minimum Gasteiger partial charge on any atom is -0.263 e. The second-order valence-electron chi connectivity index (χ2n) is 6.12. The molecule has 23 heavy (non-hydrogen) atoms. The predicted octanol–water partition coefficient (Wildman–Crippen LogP) is 2.79. The molecule has 1 fully saturated rings. The lowest BCUT2D eigenvalue weighted by molar-refractivity contribution is -0.143. The van der Waals surface area contributed by atoms with Crippen LogP contribution in [0, 0.1) is 5.92 Å². The molecule has 1 aliphatic heterocycles. The van der Waals surface area contributed by atoms with Crippen molar-refractivity contribution in [2.75, 3.05) is 6.54 Å². The Labute approximate surface area is 134 Å². The van der Waals surface area contributed by atoms with Crippen LogP contribution in [-0.2, 0) is 16.1 Å². The van der Waals surface area contributed by atoms with Gasteiger partial charge in [-0.2, -0.15) is 0 Å². The average Bonchev–Trinajstić information content (AvgIpc) is 2.73. The quantitative estimate of drug-likeness (QED) is 0.644. The molecule has 0 unspecified atom stereocenters. The van der Waals surface area contributed by atoms with Crippen molar-refractivity contribution in [2.45, 2.75) is 20.4 Å². The molecule has 2 aromatic carbocycles. The van der Waals surface area contributed by atoms with Gasteiger partial charge in [-0.3, -0.25) is 19.4 Å². The lowest BCUT2D eigenvalue weighted by atomic mass is 10.0. The van der Waals surface area contributed by atoms with Gasteiger partial charge in [-0.1, -0.05) is 56.3 Å². The van der Waals surface area contributed by atoms with E-state index in [4.69, 9.17) is 0 Å². The Hall–Kier alpha value is -2.69. The van der Waals surface area contributed by atoms with Crippen molar-refractivity contribution in [1.82, 2.24) is 9.80 Å². The normalized spacial score (nSPS) is 15.3. The monoisotopic (exact) mass is 310 g/mol. The Morgan fingerprint density at radius 2 is 1.52 bits per heavy atom. The molecule has 0 spiro atoms. The van der Waals surface area contributed by atoms with Gasteiger partial charge in [0, 0.05) is 6.54 Å². The summed E-state index contributed by atoms with van der Waals surface area (Å²) in [5, 5.41) is 2.01. The van der Waals surface area contributed by atoms with Crippen molar-refractivity contribution in [3.05, 3.63) is 48.0 Å². The molecule has 118 valence electrons. The van der Waals surface area contributed by atoms with E-state index in [9.17, 15) is 14.4 Å². The lowest BCUT2D eigenvalue weighted by Gasteiger charge is -2.17.